The topological polar surface area (TPSA) is 24.9 Å². The molecule has 23 heavy (non-hydrogen) atoms. The van der Waals surface area contributed by atoms with Crippen molar-refractivity contribution < 1.29 is 12.4 Å². The number of rotatable bonds is 2. The molecule has 0 spiro atoms. The maximum absolute atomic E-state index is 6.23. The highest BCUT2D eigenvalue weighted by atomic mass is 35.5. The van der Waals surface area contributed by atoms with Crippen molar-refractivity contribution in [2.45, 2.75) is 27.7 Å². The molecule has 0 saturated carbocycles. The Hall–Kier alpha value is -1.77. The first-order chi connectivity index (χ1) is 10.5. The Bertz CT molecular complexity index is 873. The van der Waals surface area contributed by atoms with E-state index < -0.39 is 0 Å². The van der Waals surface area contributed by atoms with Gasteiger partial charge in [-0.05, 0) is 63.1 Å². The van der Waals surface area contributed by atoms with Crippen LogP contribution in [-0.4, -0.2) is 4.98 Å². The summed E-state index contributed by atoms with van der Waals surface area (Å²) < 4.78 is 0. The average molecular weight is 346 g/mol. The van der Waals surface area contributed by atoms with Crippen LogP contribution in [-0.2, 0) is 0 Å². The maximum Gasteiger partial charge on any atom is 0.0755 e. The minimum Gasteiger partial charge on any atom is -1.00 e. The number of hydrogen-bond donors (Lipinski definition) is 1. The summed E-state index contributed by atoms with van der Waals surface area (Å²) >= 11 is 6.23. The predicted octanol–water partition coefficient (Wildman–Crippen LogP) is 2.87. The van der Waals surface area contributed by atoms with Gasteiger partial charge < -0.3 is 17.7 Å². The Kier molecular flexibility index (Phi) is 5.18. The summed E-state index contributed by atoms with van der Waals surface area (Å²) in [6.45, 7) is 8.27. The van der Waals surface area contributed by atoms with Gasteiger partial charge in [0.25, 0.3) is 0 Å². The maximum atomic E-state index is 6.23. The van der Waals surface area contributed by atoms with E-state index in [1.807, 2.05) is 32.0 Å². The van der Waals surface area contributed by atoms with Crippen molar-refractivity contribution in [2.75, 3.05) is 5.32 Å². The number of aromatic nitrogens is 1. The zero-order valence-corrected chi connectivity index (χ0v) is 15.2. The van der Waals surface area contributed by atoms with E-state index in [9.17, 15) is 0 Å². The molecule has 1 N–H and O–H groups in total. The highest BCUT2D eigenvalue weighted by Gasteiger charge is 2.09. The molecule has 0 aliphatic carbocycles. The molecule has 0 radical (unpaired) electrons. The molecule has 0 aliphatic heterocycles. The van der Waals surface area contributed by atoms with Gasteiger partial charge in [0, 0.05) is 27.5 Å². The molecule has 0 saturated heterocycles. The molecule has 2 nitrogen and oxygen atoms in total. The Labute approximate surface area is 148 Å². The molecular weight excluding hydrogens is 327 g/mol. The number of halogens is 2. The van der Waals surface area contributed by atoms with Crippen LogP contribution in [0.3, 0.4) is 0 Å². The molecule has 0 bridgehead atoms. The third-order valence-electron chi connectivity index (χ3n) is 3.91. The van der Waals surface area contributed by atoms with E-state index >= 15 is 0 Å². The van der Waals surface area contributed by atoms with Crippen LogP contribution in [0.15, 0.2) is 36.4 Å². The van der Waals surface area contributed by atoms with Gasteiger partial charge in [-0.25, -0.2) is 0 Å². The third-order valence-corrected chi connectivity index (χ3v) is 4.32. The molecule has 0 fully saturated rings. The van der Waals surface area contributed by atoms with E-state index in [1.54, 1.807) is 0 Å². The Morgan fingerprint density at radius 3 is 2.43 bits per heavy atom. The van der Waals surface area contributed by atoms with Crippen LogP contribution in [0, 0.1) is 27.7 Å². The lowest BCUT2D eigenvalue weighted by atomic mass is 10.0. The van der Waals surface area contributed by atoms with Gasteiger partial charge in [-0.15, -0.1) is 0 Å². The zero-order chi connectivity index (χ0) is 15.9. The molecule has 3 rings (SSSR count). The van der Waals surface area contributed by atoms with Crippen molar-refractivity contribution in [3.63, 3.8) is 0 Å². The summed E-state index contributed by atoms with van der Waals surface area (Å²) in [6.07, 6.45) is 0. The number of pyridine rings is 1. The number of hydrogen-bond acceptors (Lipinski definition) is 2. The molecule has 3 aromatic rings. The number of benzene rings is 2. The second kappa shape index (κ2) is 6.77. The smallest absolute Gasteiger partial charge is 0.0755 e. The van der Waals surface area contributed by atoms with Crippen molar-refractivity contribution in [2.24, 2.45) is 0 Å². The summed E-state index contributed by atoms with van der Waals surface area (Å²) in [5.41, 5.74) is 7.63. The fraction of sp³-hybridized carbons (Fsp3) is 0.211. The molecule has 1 aromatic heterocycles. The van der Waals surface area contributed by atoms with Crippen LogP contribution in [0.1, 0.15) is 22.4 Å². The van der Waals surface area contributed by atoms with E-state index in [1.165, 1.54) is 11.1 Å². The van der Waals surface area contributed by atoms with Crippen LogP contribution < -0.4 is 17.7 Å². The fourth-order valence-electron chi connectivity index (χ4n) is 2.80. The van der Waals surface area contributed by atoms with Crippen LogP contribution in [0.25, 0.3) is 10.9 Å². The number of nitrogens with one attached hydrogen (secondary N) is 1. The number of fused-ring (bicyclic) bond motifs is 1. The Morgan fingerprint density at radius 1 is 0.957 bits per heavy atom. The normalized spacial score (nSPS) is 10.5. The van der Waals surface area contributed by atoms with Crippen LogP contribution in [0.2, 0.25) is 5.02 Å². The van der Waals surface area contributed by atoms with Gasteiger partial charge in [-0.1, -0.05) is 29.3 Å². The molecular formula is C19H19Cl2N2-. The van der Waals surface area contributed by atoms with Crippen molar-refractivity contribution in [3.05, 3.63) is 63.8 Å². The second-order valence-electron chi connectivity index (χ2n) is 5.83. The van der Waals surface area contributed by atoms with Crippen molar-refractivity contribution in [1.82, 2.24) is 4.98 Å². The van der Waals surface area contributed by atoms with Crippen LogP contribution in [0.4, 0.5) is 11.4 Å². The summed E-state index contributed by atoms with van der Waals surface area (Å²) in [4.78, 5) is 4.69. The SMILES string of the molecule is Cc1cc(C)c2nc(C)cc(Nc3cccc(Cl)c3C)c2c1.[Cl-]. The standard InChI is InChI=1S/C19H19ClN2.ClH/c1-11-8-12(2)19-15(9-11)18(10-13(3)21-19)22-17-7-5-6-16(20)14(17)4;/h5-10H,1-4H3,(H,21,22);1H/p-1. The molecule has 120 valence electrons. The van der Waals surface area contributed by atoms with Crippen molar-refractivity contribution in [1.29, 1.82) is 0 Å². The van der Waals surface area contributed by atoms with E-state index in [0.29, 0.717) is 0 Å². The molecule has 0 amide bonds. The zero-order valence-electron chi connectivity index (χ0n) is 13.7. The van der Waals surface area contributed by atoms with Gasteiger partial charge in [0.05, 0.1) is 5.52 Å². The lowest BCUT2D eigenvalue weighted by molar-refractivity contribution is -0.00000463. The largest absolute Gasteiger partial charge is 1.00 e. The van der Waals surface area contributed by atoms with Crippen LogP contribution >= 0.6 is 11.6 Å². The van der Waals surface area contributed by atoms with Gasteiger partial charge >= 0.3 is 0 Å². The highest BCUT2D eigenvalue weighted by Crippen LogP contribution is 2.32. The lowest BCUT2D eigenvalue weighted by Crippen LogP contribution is -3.00. The average Bonchev–Trinajstić information content (AvgIpc) is 2.45. The van der Waals surface area contributed by atoms with Crippen molar-refractivity contribution in [3.8, 4) is 0 Å². The summed E-state index contributed by atoms with van der Waals surface area (Å²) in [5, 5.41) is 5.44. The highest BCUT2D eigenvalue weighted by molar-refractivity contribution is 6.31. The summed E-state index contributed by atoms with van der Waals surface area (Å²) in [5.74, 6) is 0. The van der Waals surface area contributed by atoms with Gasteiger partial charge in [-0.3, -0.25) is 4.98 Å². The minimum absolute atomic E-state index is 0. The van der Waals surface area contributed by atoms with Gasteiger partial charge in [0.1, 0.15) is 0 Å². The van der Waals surface area contributed by atoms with E-state index in [4.69, 9.17) is 16.6 Å². The molecule has 0 unspecified atom stereocenters. The number of anilines is 2. The number of aryl methyl sites for hydroxylation is 3. The summed E-state index contributed by atoms with van der Waals surface area (Å²) in [6, 6.07) is 12.4. The fourth-order valence-corrected chi connectivity index (χ4v) is 2.97. The first kappa shape index (κ1) is 17.6. The van der Waals surface area contributed by atoms with Gasteiger partial charge in [0.15, 0.2) is 0 Å². The number of nitrogens with zero attached hydrogens (tertiary/aromatic N) is 1. The third kappa shape index (κ3) is 3.44. The van der Waals surface area contributed by atoms with E-state index in [0.717, 1.165) is 38.6 Å². The van der Waals surface area contributed by atoms with E-state index in [2.05, 4.69) is 37.4 Å². The van der Waals surface area contributed by atoms with Crippen molar-refractivity contribution >= 4 is 33.9 Å². The quantitative estimate of drug-likeness (QED) is 0.772. The monoisotopic (exact) mass is 345 g/mol. The second-order valence-corrected chi connectivity index (χ2v) is 6.23. The molecule has 2 aromatic carbocycles. The molecule has 0 aliphatic rings. The first-order valence-corrected chi connectivity index (χ1v) is 7.74. The molecule has 1 heterocycles. The first-order valence-electron chi connectivity index (χ1n) is 7.36. The predicted molar refractivity (Wildman–Crippen MR) is 95.4 cm³/mol. The summed E-state index contributed by atoms with van der Waals surface area (Å²) in [7, 11) is 0. The van der Waals surface area contributed by atoms with Crippen LogP contribution in [0.5, 0.6) is 0 Å². The minimum atomic E-state index is 0. The molecule has 0 atom stereocenters. The molecule has 4 heteroatoms. The lowest BCUT2D eigenvalue weighted by Gasteiger charge is -2.15. The Balaban J connectivity index is 0.00000192. The van der Waals surface area contributed by atoms with E-state index in [-0.39, 0.29) is 12.4 Å². The Morgan fingerprint density at radius 2 is 1.70 bits per heavy atom. The van der Waals surface area contributed by atoms with Gasteiger partial charge in [-0.2, -0.15) is 0 Å². The van der Waals surface area contributed by atoms with Gasteiger partial charge in [0.2, 0.25) is 0 Å².